The maximum Gasteiger partial charge on any atom is 0.297 e. The molecule has 0 aliphatic rings. The molecular formula is C14H10ClN3O6S. The molecule has 0 saturated heterocycles. The smallest absolute Gasteiger partial charge is 0.297 e. The maximum atomic E-state index is 11.2. The van der Waals surface area contributed by atoms with E-state index in [1.807, 2.05) is 0 Å². The van der Waals surface area contributed by atoms with Gasteiger partial charge in [0.2, 0.25) is 6.41 Å². The topological polar surface area (TPSA) is 125 Å². The van der Waals surface area contributed by atoms with E-state index in [0.29, 0.717) is 0 Å². The van der Waals surface area contributed by atoms with Crippen LogP contribution in [0, 0.1) is 20.2 Å². The lowest BCUT2D eigenvalue weighted by Crippen LogP contribution is -2.02. The fourth-order valence-corrected chi connectivity index (χ4v) is 3.18. The molecule has 11 heteroatoms. The molecule has 0 radical (unpaired) electrons. The molecule has 9 nitrogen and oxygen atoms in total. The van der Waals surface area contributed by atoms with Crippen LogP contribution < -0.4 is 10.1 Å². The molecule has 0 saturated carbocycles. The summed E-state index contributed by atoms with van der Waals surface area (Å²) in [7, 11) is 1.32. The first-order valence-electron chi connectivity index (χ1n) is 6.55. The normalized spacial score (nSPS) is 10.2. The molecule has 0 heterocycles. The molecule has 0 atom stereocenters. The number of hydrogen-bond acceptors (Lipinski definition) is 7. The molecule has 130 valence electrons. The van der Waals surface area contributed by atoms with Gasteiger partial charge in [-0.2, -0.15) is 0 Å². The number of carbonyl (C=O) groups excluding carboxylic acids is 1. The summed E-state index contributed by atoms with van der Waals surface area (Å²) in [5.41, 5.74) is -0.749. The number of rotatable bonds is 7. The first-order chi connectivity index (χ1) is 11.9. The second-order valence-electron chi connectivity index (χ2n) is 4.51. The average molecular weight is 384 g/mol. The van der Waals surface area contributed by atoms with Gasteiger partial charge < -0.3 is 10.1 Å². The molecule has 25 heavy (non-hydrogen) atoms. The van der Waals surface area contributed by atoms with Crippen LogP contribution in [0.1, 0.15) is 0 Å². The van der Waals surface area contributed by atoms with Crippen molar-refractivity contribution >= 4 is 46.8 Å². The third-order valence-corrected chi connectivity index (χ3v) is 4.37. The minimum Gasteiger partial charge on any atom is -0.496 e. The first-order valence-corrected chi connectivity index (χ1v) is 7.75. The van der Waals surface area contributed by atoms with E-state index in [1.165, 1.54) is 31.4 Å². The molecule has 0 fully saturated rings. The highest BCUT2D eigenvalue weighted by molar-refractivity contribution is 7.99. The van der Waals surface area contributed by atoms with Crippen LogP contribution in [0.2, 0.25) is 5.02 Å². The predicted octanol–water partition coefficient (Wildman–Crippen LogP) is 3.88. The largest absolute Gasteiger partial charge is 0.496 e. The van der Waals surface area contributed by atoms with E-state index in [9.17, 15) is 25.0 Å². The Kier molecular flexibility index (Phi) is 5.78. The lowest BCUT2D eigenvalue weighted by molar-refractivity contribution is -0.387. The molecule has 1 amide bonds. The van der Waals surface area contributed by atoms with E-state index < -0.39 is 15.5 Å². The summed E-state index contributed by atoms with van der Waals surface area (Å²) in [4.78, 5) is 32.4. The van der Waals surface area contributed by atoms with E-state index in [-0.39, 0.29) is 38.3 Å². The second kappa shape index (κ2) is 7.81. The highest BCUT2D eigenvalue weighted by atomic mass is 35.5. The van der Waals surface area contributed by atoms with Gasteiger partial charge in [0, 0.05) is 16.0 Å². The predicted molar refractivity (Wildman–Crippen MR) is 91.6 cm³/mol. The van der Waals surface area contributed by atoms with Gasteiger partial charge in [0.1, 0.15) is 11.4 Å². The number of benzene rings is 2. The number of nitro benzene ring substituents is 2. The van der Waals surface area contributed by atoms with Crippen molar-refractivity contribution < 1.29 is 19.4 Å². The van der Waals surface area contributed by atoms with Gasteiger partial charge in [-0.3, -0.25) is 25.0 Å². The number of anilines is 1. The van der Waals surface area contributed by atoms with Crippen LogP contribution in [0.4, 0.5) is 17.1 Å². The number of methoxy groups -OCH3 is 1. The van der Waals surface area contributed by atoms with Gasteiger partial charge in [0.05, 0.1) is 27.9 Å². The third kappa shape index (κ3) is 4.17. The molecule has 0 spiro atoms. The van der Waals surface area contributed by atoms with Crippen molar-refractivity contribution in [3.63, 3.8) is 0 Å². The first kappa shape index (κ1) is 18.5. The van der Waals surface area contributed by atoms with Crippen LogP contribution in [0.5, 0.6) is 5.75 Å². The van der Waals surface area contributed by atoms with E-state index in [2.05, 4.69) is 5.32 Å². The highest BCUT2D eigenvalue weighted by Crippen LogP contribution is 2.44. The van der Waals surface area contributed by atoms with Gasteiger partial charge >= 0.3 is 0 Å². The van der Waals surface area contributed by atoms with E-state index in [1.54, 1.807) is 0 Å². The maximum absolute atomic E-state index is 11.2. The molecule has 2 rings (SSSR count). The van der Waals surface area contributed by atoms with Gasteiger partial charge in [0.25, 0.3) is 11.4 Å². The second-order valence-corrected chi connectivity index (χ2v) is 6.03. The van der Waals surface area contributed by atoms with Gasteiger partial charge in [-0.1, -0.05) is 23.4 Å². The third-order valence-electron chi connectivity index (χ3n) is 3.03. The Morgan fingerprint density at radius 3 is 2.36 bits per heavy atom. The van der Waals surface area contributed by atoms with Crippen molar-refractivity contribution in [2.45, 2.75) is 9.79 Å². The Labute approximate surface area is 150 Å². The SMILES string of the molecule is COc1cc(Sc2ccc(Cl)cc2[N+](=O)[O-])c(NC=O)c([N+](=O)[O-])c1. The summed E-state index contributed by atoms with van der Waals surface area (Å²) in [6.45, 7) is 0. The standard InChI is InChI=1S/C14H10ClN3O6S/c1-24-9-5-11(18(22)23)14(16-7-19)13(6-9)25-12-3-2-8(15)4-10(12)17(20)21/h2-7H,1H3,(H,16,19). The van der Waals surface area contributed by atoms with Gasteiger partial charge in [0.15, 0.2) is 0 Å². The summed E-state index contributed by atoms with van der Waals surface area (Å²) in [5, 5.41) is 24.9. The number of carbonyl (C=O) groups is 1. The Morgan fingerprint density at radius 2 is 1.80 bits per heavy atom. The van der Waals surface area contributed by atoms with Crippen molar-refractivity contribution in [3.8, 4) is 5.75 Å². The number of ether oxygens (including phenoxy) is 1. The Morgan fingerprint density at radius 1 is 1.12 bits per heavy atom. The Bertz CT molecular complexity index is 861. The number of hydrogen-bond donors (Lipinski definition) is 1. The summed E-state index contributed by atoms with van der Waals surface area (Å²) >= 11 is 6.65. The van der Waals surface area contributed by atoms with Crippen molar-refractivity contribution in [1.29, 1.82) is 0 Å². The minimum atomic E-state index is -0.686. The van der Waals surface area contributed by atoms with E-state index in [4.69, 9.17) is 16.3 Å². The Balaban J connectivity index is 2.62. The minimum absolute atomic E-state index is 0.0879. The lowest BCUT2D eigenvalue weighted by atomic mass is 10.2. The zero-order chi connectivity index (χ0) is 18.6. The average Bonchev–Trinajstić information content (AvgIpc) is 2.57. The molecule has 1 N–H and O–H groups in total. The van der Waals surface area contributed by atoms with Crippen LogP contribution in [0.15, 0.2) is 40.1 Å². The molecule has 0 aliphatic carbocycles. The van der Waals surface area contributed by atoms with Crippen molar-refractivity contribution in [1.82, 2.24) is 0 Å². The molecule has 0 bridgehead atoms. The number of halogens is 1. The van der Waals surface area contributed by atoms with E-state index >= 15 is 0 Å². The van der Waals surface area contributed by atoms with Gasteiger partial charge in [-0.15, -0.1) is 0 Å². The summed E-state index contributed by atoms with van der Waals surface area (Å²) in [5.74, 6) is 0.169. The number of nitrogens with one attached hydrogen (secondary N) is 1. The number of nitro groups is 2. The van der Waals surface area contributed by atoms with Crippen molar-refractivity contribution in [3.05, 3.63) is 55.6 Å². The van der Waals surface area contributed by atoms with Crippen LogP contribution in [-0.2, 0) is 4.79 Å². The fourth-order valence-electron chi connectivity index (χ4n) is 1.96. The zero-order valence-electron chi connectivity index (χ0n) is 12.6. The molecule has 2 aromatic rings. The van der Waals surface area contributed by atoms with E-state index in [0.717, 1.165) is 17.8 Å². The quantitative estimate of drug-likeness (QED) is 0.436. The van der Waals surface area contributed by atoms with Gasteiger partial charge in [-0.25, -0.2) is 0 Å². The lowest BCUT2D eigenvalue weighted by Gasteiger charge is -2.11. The molecular weight excluding hydrogens is 374 g/mol. The fraction of sp³-hybridized carbons (Fsp3) is 0.0714. The molecule has 0 unspecified atom stereocenters. The summed E-state index contributed by atoms with van der Waals surface area (Å²) < 4.78 is 5.02. The van der Waals surface area contributed by atoms with Crippen LogP contribution >= 0.6 is 23.4 Å². The van der Waals surface area contributed by atoms with Crippen LogP contribution in [-0.4, -0.2) is 23.4 Å². The van der Waals surface area contributed by atoms with Crippen molar-refractivity contribution in [2.24, 2.45) is 0 Å². The molecule has 0 aromatic heterocycles. The van der Waals surface area contributed by atoms with Gasteiger partial charge in [-0.05, 0) is 18.2 Å². The molecule has 0 aliphatic heterocycles. The molecule has 2 aromatic carbocycles. The number of amides is 1. The van der Waals surface area contributed by atoms with Crippen LogP contribution in [0.25, 0.3) is 0 Å². The Hall–Kier alpha value is -2.85. The summed E-state index contributed by atoms with van der Waals surface area (Å²) in [6.07, 6.45) is 0.287. The summed E-state index contributed by atoms with van der Waals surface area (Å²) in [6, 6.07) is 6.62. The number of nitrogens with zero attached hydrogens (tertiary/aromatic N) is 2. The monoisotopic (exact) mass is 383 g/mol. The van der Waals surface area contributed by atoms with Crippen molar-refractivity contribution in [2.75, 3.05) is 12.4 Å². The highest BCUT2D eigenvalue weighted by Gasteiger charge is 2.23. The zero-order valence-corrected chi connectivity index (χ0v) is 14.2. The van der Waals surface area contributed by atoms with Crippen LogP contribution in [0.3, 0.4) is 0 Å².